The fraction of sp³-hybridized carbons (Fsp3) is 0.500. The minimum atomic E-state index is -0.717. The van der Waals surface area contributed by atoms with Crippen LogP contribution in [0.1, 0.15) is 31.4 Å². The summed E-state index contributed by atoms with van der Waals surface area (Å²) in [5.41, 5.74) is 3.79. The Morgan fingerprint density at radius 1 is 1.53 bits per heavy atom. The molecule has 3 heteroatoms. The van der Waals surface area contributed by atoms with Crippen LogP contribution in [0, 0.1) is 6.92 Å². The highest BCUT2D eigenvalue weighted by Crippen LogP contribution is 2.36. The second-order valence-corrected chi connectivity index (χ2v) is 5.03. The molecule has 1 unspecified atom stereocenters. The van der Waals surface area contributed by atoms with Gasteiger partial charge in [-0.25, -0.2) is 0 Å². The molecule has 1 aromatic rings. The van der Waals surface area contributed by atoms with Gasteiger partial charge in [0.25, 0.3) is 0 Å². The average Bonchev–Trinajstić information content (AvgIpc) is 2.56. The lowest BCUT2D eigenvalue weighted by molar-refractivity contribution is -0.137. The Kier molecular flexibility index (Phi) is 3.09. The summed E-state index contributed by atoms with van der Waals surface area (Å²) in [6, 6.07) is 6.68. The third-order valence-corrected chi connectivity index (χ3v) is 3.46. The van der Waals surface area contributed by atoms with Crippen molar-refractivity contribution in [1.82, 2.24) is 0 Å². The molecule has 0 aliphatic carbocycles. The number of carboxylic acid groups (broad SMARTS) is 1. The van der Waals surface area contributed by atoms with Gasteiger partial charge in [-0.3, -0.25) is 4.79 Å². The maximum absolute atomic E-state index is 10.9. The highest BCUT2D eigenvalue weighted by Gasteiger charge is 2.32. The Bertz CT molecular complexity index is 440. The molecule has 17 heavy (non-hydrogen) atoms. The molecular formula is C14H19NO2. The highest BCUT2D eigenvalue weighted by atomic mass is 16.4. The molecule has 1 N–H and O–H groups in total. The zero-order valence-electron chi connectivity index (χ0n) is 10.6. The predicted octanol–water partition coefficient (Wildman–Crippen LogP) is 2.61. The van der Waals surface area contributed by atoms with E-state index >= 15 is 0 Å². The van der Waals surface area contributed by atoms with Crippen molar-refractivity contribution in [3.05, 3.63) is 29.3 Å². The molecule has 0 spiro atoms. The number of rotatable bonds is 3. The largest absolute Gasteiger partial charge is 0.481 e. The Morgan fingerprint density at radius 2 is 2.24 bits per heavy atom. The molecule has 0 aromatic heterocycles. The number of fused-ring (bicyclic) bond motifs is 1. The number of benzene rings is 1. The van der Waals surface area contributed by atoms with Gasteiger partial charge in [0, 0.05) is 17.8 Å². The summed E-state index contributed by atoms with van der Waals surface area (Å²) in [5, 5.41) is 9.00. The molecule has 2 rings (SSSR count). The van der Waals surface area contributed by atoms with Crippen molar-refractivity contribution in [2.24, 2.45) is 0 Å². The molecule has 0 bridgehead atoms. The number of anilines is 1. The van der Waals surface area contributed by atoms with E-state index < -0.39 is 5.97 Å². The van der Waals surface area contributed by atoms with Gasteiger partial charge in [-0.1, -0.05) is 12.1 Å². The van der Waals surface area contributed by atoms with Gasteiger partial charge in [0.15, 0.2) is 0 Å². The van der Waals surface area contributed by atoms with Gasteiger partial charge in [0.1, 0.15) is 0 Å². The Balaban J connectivity index is 2.37. The molecule has 3 nitrogen and oxygen atoms in total. The fourth-order valence-corrected chi connectivity index (χ4v) is 2.80. The molecule has 0 fully saturated rings. The van der Waals surface area contributed by atoms with Crippen LogP contribution in [0.3, 0.4) is 0 Å². The van der Waals surface area contributed by atoms with Gasteiger partial charge in [0.05, 0.1) is 6.42 Å². The van der Waals surface area contributed by atoms with Crippen LogP contribution in [-0.2, 0) is 11.2 Å². The van der Waals surface area contributed by atoms with E-state index in [1.807, 2.05) is 6.07 Å². The van der Waals surface area contributed by atoms with Crippen molar-refractivity contribution in [3.63, 3.8) is 0 Å². The van der Waals surface area contributed by atoms with Gasteiger partial charge in [0.2, 0.25) is 0 Å². The first-order chi connectivity index (χ1) is 8.00. The normalized spacial score (nSPS) is 18.6. The van der Waals surface area contributed by atoms with E-state index in [9.17, 15) is 4.79 Å². The standard InChI is InChI=1S/C14H19NO2/c1-9(2)15-11(8-14(16)17)7-12-10(3)5-4-6-13(12)15/h4-6,9,11H,7-8H2,1-3H3,(H,16,17). The first kappa shape index (κ1) is 12.0. The number of aliphatic carboxylic acids is 1. The molecule has 1 aromatic carbocycles. The summed E-state index contributed by atoms with van der Waals surface area (Å²) in [7, 11) is 0. The van der Waals surface area contributed by atoms with Crippen molar-refractivity contribution < 1.29 is 9.90 Å². The van der Waals surface area contributed by atoms with E-state index in [1.165, 1.54) is 16.8 Å². The quantitative estimate of drug-likeness (QED) is 0.872. The lowest BCUT2D eigenvalue weighted by Crippen LogP contribution is -2.39. The Hall–Kier alpha value is -1.51. The van der Waals surface area contributed by atoms with E-state index in [-0.39, 0.29) is 12.5 Å². The van der Waals surface area contributed by atoms with Crippen molar-refractivity contribution in [3.8, 4) is 0 Å². The number of aryl methyl sites for hydroxylation is 1. The van der Waals surface area contributed by atoms with E-state index in [1.54, 1.807) is 0 Å². The lowest BCUT2D eigenvalue weighted by Gasteiger charge is -2.30. The summed E-state index contributed by atoms with van der Waals surface area (Å²) in [6.45, 7) is 6.33. The van der Waals surface area contributed by atoms with Gasteiger partial charge < -0.3 is 10.0 Å². The van der Waals surface area contributed by atoms with Gasteiger partial charge in [-0.05, 0) is 44.4 Å². The van der Waals surface area contributed by atoms with Gasteiger partial charge in [-0.15, -0.1) is 0 Å². The average molecular weight is 233 g/mol. The van der Waals surface area contributed by atoms with Crippen LogP contribution in [0.25, 0.3) is 0 Å². The second-order valence-electron chi connectivity index (χ2n) is 5.03. The second kappa shape index (κ2) is 4.40. The first-order valence-corrected chi connectivity index (χ1v) is 6.09. The number of carbonyl (C=O) groups is 1. The molecule has 1 heterocycles. The SMILES string of the molecule is Cc1cccc2c1CC(CC(=O)O)N2C(C)C. The molecule has 0 saturated carbocycles. The van der Waals surface area contributed by atoms with Gasteiger partial charge >= 0.3 is 5.97 Å². The minimum absolute atomic E-state index is 0.101. The summed E-state index contributed by atoms with van der Waals surface area (Å²) in [5.74, 6) is -0.717. The summed E-state index contributed by atoms with van der Waals surface area (Å²) < 4.78 is 0. The van der Waals surface area contributed by atoms with Crippen LogP contribution in [0.4, 0.5) is 5.69 Å². The number of hydrogen-bond donors (Lipinski definition) is 1. The van der Waals surface area contributed by atoms with Crippen molar-refractivity contribution in [2.45, 2.75) is 45.7 Å². The fourth-order valence-electron chi connectivity index (χ4n) is 2.80. The number of nitrogens with zero attached hydrogens (tertiary/aromatic N) is 1. The minimum Gasteiger partial charge on any atom is -0.481 e. The maximum atomic E-state index is 10.9. The molecular weight excluding hydrogens is 214 g/mol. The van der Waals surface area contributed by atoms with Gasteiger partial charge in [-0.2, -0.15) is 0 Å². The topological polar surface area (TPSA) is 40.5 Å². The van der Waals surface area contributed by atoms with E-state index in [4.69, 9.17) is 5.11 Å². The number of hydrogen-bond acceptors (Lipinski definition) is 2. The van der Waals surface area contributed by atoms with E-state index in [0.717, 1.165) is 6.42 Å². The summed E-state index contributed by atoms with van der Waals surface area (Å²) in [4.78, 5) is 13.2. The molecule has 92 valence electrons. The number of carboxylic acids is 1. The molecule has 0 saturated heterocycles. The zero-order chi connectivity index (χ0) is 12.6. The van der Waals surface area contributed by atoms with Crippen LogP contribution in [0.15, 0.2) is 18.2 Å². The van der Waals surface area contributed by atoms with Crippen molar-refractivity contribution in [1.29, 1.82) is 0 Å². The Morgan fingerprint density at radius 3 is 2.82 bits per heavy atom. The third kappa shape index (κ3) is 2.14. The van der Waals surface area contributed by atoms with Crippen molar-refractivity contribution in [2.75, 3.05) is 4.90 Å². The highest BCUT2D eigenvalue weighted by molar-refractivity contribution is 5.71. The molecule has 0 radical (unpaired) electrons. The summed E-state index contributed by atoms with van der Waals surface area (Å²) >= 11 is 0. The monoisotopic (exact) mass is 233 g/mol. The van der Waals surface area contributed by atoms with Crippen LogP contribution < -0.4 is 4.90 Å². The molecule has 1 atom stereocenters. The van der Waals surface area contributed by atoms with E-state index in [0.29, 0.717) is 6.04 Å². The van der Waals surface area contributed by atoms with Crippen LogP contribution in [-0.4, -0.2) is 23.2 Å². The van der Waals surface area contributed by atoms with E-state index in [2.05, 4.69) is 37.8 Å². The molecule has 0 amide bonds. The smallest absolute Gasteiger partial charge is 0.305 e. The van der Waals surface area contributed by atoms with Crippen LogP contribution in [0.2, 0.25) is 0 Å². The van der Waals surface area contributed by atoms with Crippen molar-refractivity contribution >= 4 is 11.7 Å². The summed E-state index contributed by atoms with van der Waals surface area (Å²) in [6.07, 6.45) is 1.07. The lowest BCUT2D eigenvalue weighted by atomic mass is 10.0. The zero-order valence-corrected chi connectivity index (χ0v) is 10.6. The molecule has 1 aliphatic rings. The molecule has 1 aliphatic heterocycles. The Labute approximate surface area is 102 Å². The van der Waals surface area contributed by atoms with Crippen LogP contribution >= 0.6 is 0 Å². The maximum Gasteiger partial charge on any atom is 0.305 e. The first-order valence-electron chi connectivity index (χ1n) is 6.09. The predicted molar refractivity (Wildman–Crippen MR) is 68.5 cm³/mol. The van der Waals surface area contributed by atoms with Crippen LogP contribution in [0.5, 0.6) is 0 Å². The third-order valence-electron chi connectivity index (χ3n) is 3.46.